The van der Waals surface area contributed by atoms with Crippen molar-refractivity contribution in [1.29, 1.82) is 5.26 Å². The Morgan fingerprint density at radius 2 is 2.00 bits per heavy atom. The first-order chi connectivity index (χ1) is 11.5. The van der Waals surface area contributed by atoms with E-state index in [2.05, 4.69) is 44.7 Å². The summed E-state index contributed by atoms with van der Waals surface area (Å²) in [5.41, 5.74) is 6.19. The van der Waals surface area contributed by atoms with Crippen LogP contribution >= 0.6 is 27.7 Å². The first kappa shape index (κ1) is 18.2. The molecule has 1 amide bonds. The summed E-state index contributed by atoms with van der Waals surface area (Å²) in [6.45, 7) is 4.04. The van der Waals surface area contributed by atoms with Crippen LogP contribution in [0, 0.1) is 25.2 Å². The van der Waals surface area contributed by atoms with Gasteiger partial charge in [0, 0.05) is 9.37 Å². The highest BCUT2D eigenvalue weighted by molar-refractivity contribution is 9.10. The number of halogens is 1. The van der Waals surface area contributed by atoms with E-state index >= 15 is 0 Å². The van der Waals surface area contributed by atoms with Crippen LogP contribution in [0.5, 0.6) is 0 Å². The van der Waals surface area contributed by atoms with Crippen LogP contribution in [0.25, 0.3) is 0 Å². The van der Waals surface area contributed by atoms with Gasteiger partial charge in [0.2, 0.25) is 5.91 Å². The van der Waals surface area contributed by atoms with E-state index in [1.165, 1.54) is 11.8 Å². The van der Waals surface area contributed by atoms with Gasteiger partial charge < -0.3 is 0 Å². The number of hydrogen-bond acceptors (Lipinski definition) is 4. The zero-order valence-corrected chi connectivity index (χ0v) is 15.7. The van der Waals surface area contributed by atoms with Crippen LogP contribution in [0.3, 0.4) is 0 Å². The van der Waals surface area contributed by atoms with Gasteiger partial charge >= 0.3 is 0 Å². The highest BCUT2D eigenvalue weighted by Crippen LogP contribution is 2.28. The van der Waals surface area contributed by atoms with Gasteiger partial charge in [-0.3, -0.25) is 4.79 Å². The molecule has 0 aliphatic heterocycles. The van der Waals surface area contributed by atoms with E-state index < -0.39 is 0 Å². The molecule has 0 fully saturated rings. The molecular weight excluding hydrogens is 386 g/mol. The highest BCUT2D eigenvalue weighted by atomic mass is 79.9. The summed E-state index contributed by atoms with van der Waals surface area (Å²) in [7, 11) is 0. The zero-order valence-electron chi connectivity index (χ0n) is 13.3. The number of thioether (sulfide) groups is 1. The standard InChI is InChI=1S/C18H16BrN3OS/c1-12-8-17(13(2)7-16(12)19)24-11-18(23)22-21-10-15-5-3-14(9-20)4-6-15/h3-8,10H,11H2,1-2H3,(H,22,23)/b21-10-. The van der Waals surface area contributed by atoms with Gasteiger partial charge in [-0.25, -0.2) is 5.43 Å². The molecule has 2 aromatic rings. The van der Waals surface area contributed by atoms with Gasteiger partial charge in [0.15, 0.2) is 0 Å². The normalized spacial score (nSPS) is 10.6. The molecule has 0 bridgehead atoms. The molecule has 0 aromatic heterocycles. The molecule has 0 saturated carbocycles. The quantitative estimate of drug-likeness (QED) is 0.464. The van der Waals surface area contributed by atoms with Crippen LogP contribution < -0.4 is 5.43 Å². The van der Waals surface area contributed by atoms with Crippen molar-refractivity contribution in [2.45, 2.75) is 18.7 Å². The predicted molar refractivity (Wildman–Crippen MR) is 101 cm³/mol. The first-order valence-corrected chi connectivity index (χ1v) is 8.99. The lowest BCUT2D eigenvalue weighted by Crippen LogP contribution is -2.19. The molecule has 0 aliphatic carbocycles. The number of rotatable bonds is 5. The minimum Gasteiger partial charge on any atom is -0.272 e. The van der Waals surface area contributed by atoms with Crippen molar-refractivity contribution in [2.24, 2.45) is 5.10 Å². The molecule has 6 heteroatoms. The third-order valence-corrected chi connectivity index (χ3v) is 5.27. The Bertz CT molecular complexity index is 810. The van der Waals surface area contributed by atoms with E-state index in [4.69, 9.17) is 5.26 Å². The second-order valence-electron chi connectivity index (χ2n) is 5.18. The maximum Gasteiger partial charge on any atom is 0.250 e. The molecule has 0 saturated heterocycles. The van der Waals surface area contributed by atoms with Crippen LogP contribution in [0.4, 0.5) is 0 Å². The van der Waals surface area contributed by atoms with Gasteiger partial charge in [-0.15, -0.1) is 11.8 Å². The van der Waals surface area contributed by atoms with Crippen molar-refractivity contribution >= 4 is 39.8 Å². The summed E-state index contributed by atoms with van der Waals surface area (Å²) in [4.78, 5) is 13.0. The van der Waals surface area contributed by atoms with Gasteiger partial charge in [-0.2, -0.15) is 10.4 Å². The third-order valence-electron chi connectivity index (χ3n) is 3.26. The van der Waals surface area contributed by atoms with E-state index in [1.54, 1.807) is 30.5 Å². The first-order valence-electron chi connectivity index (χ1n) is 7.21. The molecule has 122 valence electrons. The van der Waals surface area contributed by atoms with Crippen LogP contribution in [0.2, 0.25) is 0 Å². The van der Waals surface area contributed by atoms with E-state index in [9.17, 15) is 4.79 Å². The number of carbonyl (C=O) groups excluding carboxylic acids is 1. The van der Waals surface area contributed by atoms with E-state index in [0.29, 0.717) is 11.3 Å². The smallest absolute Gasteiger partial charge is 0.250 e. The lowest BCUT2D eigenvalue weighted by atomic mass is 10.2. The van der Waals surface area contributed by atoms with Crippen molar-refractivity contribution in [3.63, 3.8) is 0 Å². The summed E-state index contributed by atoms with van der Waals surface area (Å²) in [5, 5.41) is 12.7. The van der Waals surface area contributed by atoms with E-state index in [0.717, 1.165) is 26.1 Å². The largest absolute Gasteiger partial charge is 0.272 e. The maximum atomic E-state index is 11.9. The van der Waals surface area contributed by atoms with E-state index in [-0.39, 0.29) is 5.91 Å². The average Bonchev–Trinajstić information content (AvgIpc) is 2.57. The van der Waals surface area contributed by atoms with Crippen LogP contribution in [-0.2, 0) is 4.79 Å². The molecular formula is C18H16BrN3OS. The lowest BCUT2D eigenvalue weighted by molar-refractivity contribution is -0.118. The van der Waals surface area contributed by atoms with E-state index in [1.807, 2.05) is 13.8 Å². The predicted octanol–water partition coefficient (Wildman–Crippen LogP) is 4.18. The number of hydrogen-bond donors (Lipinski definition) is 1. The third kappa shape index (κ3) is 5.22. The van der Waals surface area contributed by atoms with Crippen LogP contribution in [-0.4, -0.2) is 17.9 Å². The summed E-state index contributed by atoms with van der Waals surface area (Å²) < 4.78 is 1.07. The molecule has 0 radical (unpaired) electrons. The Kier molecular flexibility index (Phi) is 6.59. The molecule has 0 heterocycles. The molecule has 0 aliphatic rings. The highest BCUT2D eigenvalue weighted by Gasteiger charge is 2.06. The second kappa shape index (κ2) is 8.67. The van der Waals surface area contributed by atoms with Gasteiger partial charge in [-0.1, -0.05) is 28.1 Å². The van der Waals surface area contributed by atoms with Crippen molar-refractivity contribution < 1.29 is 4.79 Å². The molecule has 1 N–H and O–H groups in total. The maximum absolute atomic E-state index is 11.9. The number of amides is 1. The average molecular weight is 402 g/mol. The topological polar surface area (TPSA) is 65.2 Å². The fourth-order valence-electron chi connectivity index (χ4n) is 1.91. The monoisotopic (exact) mass is 401 g/mol. The molecule has 0 unspecified atom stereocenters. The minimum atomic E-state index is -0.162. The Hall–Kier alpha value is -2.10. The van der Waals surface area contributed by atoms with Gasteiger partial charge in [0.1, 0.15) is 0 Å². The van der Waals surface area contributed by atoms with Crippen molar-refractivity contribution in [3.05, 3.63) is 63.1 Å². The summed E-state index contributed by atoms with van der Waals surface area (Å²) in [5.74, 6) is 0.136. The number of nitriles is 1. The Morgan fingerprint density at radius 3 is 2.67 bits per heavy atom. The number of nitrogens with one attached hydrogen (secondary N) is 1. The molecule has 4 nitrogen and oxygen atoms in total. The number of hydrazone groups is 1. The second-order valence-corrected chi connectivity index (χ2v) is 7.05. The van der Waals surface area contributed by atoms with Crippen molar-refractivity contribution in [2.75, 3.05) is 5.75 Å². The molecule has 2 rings (SSSR count). The fourth-order valence-corrected chi connectivity index (χ4v) is 3.26. The summed E-state index contributed by atoms with van der Waals surface area (Å²) in [6, 6.07) is 13.1. The molecule has 2 aromatic carbocycles. The number of benzene rings is 2. The molecule has 0 atom stereocenters. The minimum absolute atomic E-state index is 0.162. The number of carbonyl (C=O) groups is 1. The van der Waals surface area contributed by atoms with Gasteiger partial charge in [0.25, 0.3) is 0 Å². The number of aryl methyl sites for hydroxylation is 2. The molecule has 0 spiro atoms. The summed E-state index contributed by atoms with van der Waals surface area (Å²) in [6.07, 6.45) is 1.55. The Balaban J connectivity index is 1.86. The Morgan fingerprint density at radius 1 is 1.29 bits per heavy atom. The molecule has 24 heavy (non-hydrogen) atoms. The fraction of sp³-hybridized carbons (Fsp3) is 0.167. The Labute approximate surface area is 154 Å². The zero-order chi connectivity index (χ0) is 17.5. The summed E-state index contributed by atoms with van der Waals surface area (Å²) >= 11 is 4.99. The van der Waals surface area contributed by atoms with Crippen molar-refractivity contribution in [3.8, 4) is 6.07 Å². The number of nitrogens with zero attached hydrogens (tertiary/aromatic N) is 2. The SMILES string of the molecule is Cc1cc(SCC(=O)N/N=C\c2ccc(C#N)cc2)c(C)cc1Br. The van der Waals surface area contributed by atoms with Gasteiger partial charge in [0.05, 0.1) is 23.6 Å². The van der Waals surface area contributed by atoms with Gasteiger partial charge in [-0.05, 0) is 54.8 Å². The lowest BCUT2D eigenvalue weighted by Gasteiger charge is -2.08. The van der Waals surface area contributed by atoms with Crippen molar-refractivity contribution in [1.82, 2.24) is 5.43 Å². The van der Waals surface area contributed by atoms with Crippen LogP contribution in [0.1, 0.15) is 22.3 Å². The van der Waals surface area contributed by atoms with Crippen LogP contribution in [0.15, 0.2) is 50.9 Å².